The van der Waals surface area contributed by atoms with Crippen molar-refractivity contribution in [3.05, 3.63) is 35.1 Å². The molecule has 1 heterocycles. The average Bonchev–Trinajstić information content (AvgIpc) is 2.83. The highest BCUT2D eigenvalue weighted by Crippen LogP contribution is 2.25. The van der Waals surface area contributed by atoms with E-state index in [0.29, 0.717) is 16.5 Å². The van der Waals surface area contributed by atoms with Crippen molar-refractivity contribution in [2.45, 2.75) is 18.2 Å². The van der Waals surface area contributed by atoms with Crippen LogP contribution in [0.3, 0.4) is 0 Å². The Morgan fingerprint density at radius 2 is 2.30 bits per heavy atom. The van der Waals surface area contributed by atoms with E-state index in [1.54, 1.807) is 17.0 Å². The van der Waals surface area contributed by atoms with Gasteiger partial charge in [0, 0.05) is 12.8 Å². The Balaban J connectivity index is 1.81. The molecule has 108 valence electrons. The van der Waals surface area contributed by atoms with Crippen LogP contribution < -0.4 is 4.74 Å². The van der Waals surface area contributed by atoms with E-state index in [0.717, 1.165) is 10.7 Å². The Morgan fingerprint density at radius 1 is 1.50 bits per heavy atom. The summed E-state index contributed by atoms with van der Waals surface area (Å²) < 4.78 is 7.34. The quantitative estimate of drug-likeness (QED) is 0.829. The molecule has 1 N–H and O–H groups in total. The summed E-state index contributed by atoms with van der Waals surface area (Å²) in [6.45, 7) is 2.15. The van der Waals surface area contributed by atoms with Crippen molar-refractivity contribution in [3.63, 3.8) is 0 Å². The molecule has 0 fully saturated rings. The molecule has 0 amide bonds. The molecule has 0 aliphatic heterocycles. The summed E-state index contributed by atoms with van der Waals surface area (Å²) in [5.74, 6) is 1.07. The molecule has 0 aliphatic carbocycles. The minimum atomic E-state index is -0.603. The van der Waals surface area contributed by atoms with Crippen LogP contribution in [0.15, 0.2) is 29.7 Å². The number of rotatable bonds is 6. The number of halogens is 1. The van der Waals surface area contributed by atoms with E-state index in [1.165, 1.54) is 11.8 Å². The molecular formula is C13H16ClN3O2S. The predicted octanol–water partition coefficient (Wildman–Crippen LogP) is 2.31. The lowest BCUT2D eigenvalue weighted by atomic mass is 10.2. The molecule has 0 saturated heterocycles. The third-order valence-corrected chi connectivity index (χ3v) is 4.08. The van der Waals surface area contributed by atoms with Crippen LogP contribution in [0.5, 0.6) is 5.75 Å². The molecule has 0 aliphatic rings. The minimum Gasteiger partial charge on any atom is -0.489 e. The van der Waals surface area contributed by atoms with Gasteiger partial charge in [0.05, 0.1) is 11.1 Å². The summed E-state index contributed by atoms with van der Waals surface area (Å²) in [6, 6.07) is 5.55. The summed E-state index contributed by atoms with van der Waals surface area (Å²) in [5.41, 5.74) is 1.06. The van der Waals surface area contributed by atoms with Gasteiger partial charge in [0.15, 0.2) is 5.16 Å². The van der Waals surface area contributed by atoms with Crippen LogP contribution in [0, 0.1) is 6.92 Å². The van der Waals surface area contributed by atoms with Crippen LogP contribution in [0.25, 0.3) is 0 Å². The molecule has 0 unspecified atom stereocenters. The number of hydrogen-bond donors (Lipinski definition) is 1. The van der Waals surface area contributed by atoms with Gasteiger partial charge >= 0.3 is 0 Å². The van der Waals surface area contributed by atoms with Crippen LogP contribution in [-0.4, -0.2) is 38.3 Å². The van der Waals surface area contributed by atoms with E-state index in [-0.39, 0.29) is 6.61 Å². The number of benzene rings is 1. The van der Waals surface area contributed by atoms with Gasteiger partial charge in [0.25, 0.3) is 0 Å². The van der Waals surface area contributed by atoms with Crippen molar-refractivity contribution in [2.75, 3.05) is 12.4 Å². The van der Waals surface area contributed by atoms with E-state index in [4.69, 9.17) is 16.3 Å². The summed E-state index contributed by atoms with van der Waals surface area (Å²) in [7, 11) is 1.86. The van der Waals surface area contributed by atoms with Gasteiger partial charge in [-0.05, 0) is 24.6 Å². The molecule has 1 aromatic carbocycles. The highest BCUT2D eigenvalue weighted by molar-refractivity contribution is 7.99. The molecule has 1 aromatic heterocycles. The lowest BCUT2D eigenvalue weighted by molar-refractivity contribution is 0.126. The number of aliphatic hydroxyl groups is 1. The average molecular weight is 314 g/mol. The number of nitrogens with zero attached hydrogens (tertiary/aromatic N) is 3. The Kier molecular flexibility index (Phi) is 5.28. The largest absolute Gasteiger partial charge is 0.489 e. The summed E-state index contributed by atoms with van der Waals surface area (Å²) in [6.07, 6.45) is 1.02. The second kappa shape index (κ2) is 6.97. The molecule has 20 heavy (non-hydrogen) atoms. The standard InChI is InChI=1S/C13H16ClN3O2S/c1-9-3-4-11(14)12(5-9)19-6-10(18)7-20-13-16-15-8-17(13)2/h3-5,8,10,18H,6-7H2,1-2H3/t10-/m0/s1. The van der Waals surface area contributed by atoms with Gasteiger partial charge in [0.1, 0.15) is 18.7 Å². The first kappa shape index (κ1) is 15.2. The summed E-state index contributed by atoms with van der Waals surface area (Å²) >= 11 is 7.46. The van der Waals surface area contributed by atoms with Gasteiger partial charge in [-0.15, -0.1) is 10.2 Å². The normalized spacial score (nSPS) is 12.4. The fourth-order valence-corrected chi connectivity index (χ4v) is 2.49. The SMILES string of the molecule is Cc1ccc(Cl)c(OC[C@H](O)CSc2nncn2C)c1. The highest BCUT2D eigenvalue weighted by Gasteiger charge is 2.10. The second-order valence-electron chi connectivity index (χ2n) is 4.43. The van der Waals surface area contributed by atoms with Gasteiger partial charge in [-0.2, -0.15) is 0 Å². The van der Waals surface area contributed by atoms with E-state index >= 15 is 0 Å². The second-order valence-corrected chi connectivity index (χ2v) is 5.83. The zero-order valence-electron chi connectivity index (χ0n) is 11.3. The predicted molar refractivity (Wildman–Crippen MR) is 79.4 cm³/mol. The molecule has 0 bridgehead atoms. The number of aliphatic hydroxyl groups excluding tert-OH is 1. The first-order valence-electron chi connectivity index (χ1n) is 6.10. The number of thioether (sulfide) groups is 1. The van der Waals surface area contributed by atoms with Gasteiger partial charge in [0.2, 0.25) is 0 Å². The van der Waals surface area contributed by atoms with Crippen LogP contribution in [-0.2, 0) is 7.05 Å². The van der Waals surface area contributed by atoms with Crippen LogP contribution in [0.1, 0.15) is 5.56 Å². The number of hydrogen-bond acceptors (Lipinski definition) is 5. The topological polar surface area (TPSA) is 60.2 Å². The number of aromatic nitrogens is 3. The molecule has 0 radical (unpaired) electrons. The Morgan fingerprint density at radius 3 is 3.00 bits per heavy atom. The van der Waals surface area contributed by atoms with E-state index in [2.05, 4.69) is 10.2 Å². The van der Waals surface area contributed by atoms with Crippen molar-refractivity contribution >= 4 is 23.4 Å². The Labute approximate surface area is 126 Å². The highest BCUT2D eigenvalue weighted by atomic mass is 35.5. The molecular weight excluding hydrogens is 298 g/mol. The number of ether oxygens (including phenoxy) is 1. The Bertz CT molecular complexity index is 576. The van der Waals surface area contributed by atoms with Gasteiger partial charge in [-0.25, -0.2) is 0 Å². The van der Waals surface area contributed by atoms with Crippen molar-refractivity contribution in [3.8, 4) is 5.75 Å². The number of aryl methyl sites for hydroxylation is 2. The molecule has 5 nitrogen and oxygen atoms in total. The van der Waals surface area contributed by atoms with Crippen molar-refractivity contribution < 1.29 is 9.84 Å². The van der Waals surface area contributed by atoms with Crippen molar-refractivity contribution in [1.29, 1.82) is 0 Å². The third-order valence-electron chi connectivity index (χ3n) is 2.59. The molecule has 0 spiro atoms. The maximum absolute atomic E-state index is 9.91. The third kappa shape index (κ3) is 4.13. The maximum Gasteiger partial charge on any atom is 0.190 e. The van der Waals surface area contributed by atoms with Crippen molar-refractivity contribution in [1.82, 2.24) is 14.8 Å². The molecule has 7 heteroatoms. The van der Waals surface area contributed by atoms with Gasteiger partial charge in [-0.1, -0.05) is 29.4 Å². The van der Waals surface area contributed by atoms with E-state index < -0.39 is 6.10 Å². The fraction of sp³-hybridized carbons (Fsp3) is 0.385. The molecule has 2 rings (SSSR count). The fourth-order valence-electron chi connectivity index (χ4n) is 1.53. The van der Waals surface area contributed by atoms with Crippen LogP contribution >= 0.6 is 23.4 Å². The maximum atomic E-state index is 9.91. The van der Waals surface area contributed by atoms with Crippen LogP contribution in [0.4, 0.5) is 0 Å². The van der Waals surface area contributed by atoms with E-state index in [1.807, 2.05) is 26.1 Å². The zero-order chi connectivity index (χ0) is 14.5. The summed E-state index contributed by atoms with van der Waals surface area (Å²) in [5, 5.41) is 18.9. The Hall–Kier alpha value is -1.24. The van der Waals surface area contributed by atoms with E-state index in [9.17, 15) is 5.11 Å². The smallest absolute Gasteiger partial charge is 0.190 e. The summed E-state index contributed by atoms with van der Waals surface area (Å²) in [4.78, 5) is 0. The monoisotopic (exact) mass is 313 g/mol. The zero-order valence-corrected chi connectivity index (χ0v) is 12.9. The first-order chi connectivity index (χ1) is 9.56. The van der Waals surface area contributed by atoms with Gasteiger partial charge < -0.3 is 14.4 Å². The minimum absolute atomic E-state index is 0.189. The lowest BCUT2D eigenvalue weighted by Gasteiger charge is -2.13. The molecule has 1 atom stereocenters. The van der Waals surface area contributed by atoms with Crippen LogP contribution in [0.2, 0.25) is 5.02 Å². The molecule has 2 aromatic rings. The van der Waals surface area contributed by atoms with Gasteiger partial charge in [-0.3, -0.25) is 0 Å². The van der Waals surface area contributed by atoms with Crippen molar-refractivity contribution in [2.24, 2.45) is 7.05 Å². The molecule has 0 saturated carbocycles. The first-order valence-corrected chi connectivity index (χ1v) is 7.46. The lowest BCUT2D eigenvalue weighted by Crippen LogP contribution is -2.20.